The molecular weight excluding hydrogens is 348 g/mol. The predicted octanol–water partition coefficient (Wildman–Crippen LogP) is 4.12. The first-order valence-electron chi connectivity index (χ1n) is 11.2. The Morgan fingerprint density at radius 1 is 0.929 bits per heavy atom. The summed E-state index contributed by atoms with van der Waals surface area (Å²) in [5.41, 5.74) is 2.59. The van der Waals surface area contributed by atoms with Crippen molar-refractivity contribution in [3.05, 3.63) is 35.4 Å². The average molecular weight is 385 g/mol. The van der Waals surface area contributed by atoms with Crippen molar-refractivity contribution in [2.45, 2.75) is 70.6 Å². The number of amides is 2. The van der Waals surface area contributed by atoms with Crippen LogP contribution in [-0.4, -0.2) is 36.9 Å². The molecule has 4 heteroatoms. The molecule has 1 saturated carbocycles. The molecule has 2 fully saturated rings. The highest BCUT2D eigenvalue weighted by molar-refractivity contribution is 5.76. The molecule has 1 aromatic rings. The van der Waals surface area contributed by atoms with Crippen LogP contribution >= 0.6 is 0 Å². The summed E-state index contributed by atoms with van der Waals surface area (Å²) >= 11 is 0. The van der Waals surface area contributed by atoms with Crippen LogP contribution in [-0.2, 0) is 22.4 Å². The molecule has 1 saturated heterocycles. The van der Waals surface area contributed by atoms with E-state index in [1.165, 1.54) is 43.2 Å². The van der Waals surface area contributed by atoms with Crippen LogP contribution in [0.5, 0.6) is 0 Å². The summed E-state index contributed by atoms with van der Waals surface area (Å²) in [5, 5.41) is 2.67. The molecular formula is C24H36N2O2. The van der Waals surface area contributed by atoms with Gasteiger partial charge in [-0.1, -0.05) is 43.5 Å². The third-order valence-electron chi connectivity index (χ3n) is 6.62. The number of aryl methyl sites for hydroxylation is 1. The molecule has 1 aliphatic carbocycles. The molecule has 1 N–H and O–H groups in total. The van der Waals surface area contributed by atoms with E-state index in [4.69, 9.17) is 0 Å². The van der Waals surface area contributed by atoms with Crippen molar-refractivity contribution in [2.75, 3.05) is 20.1 Å². The van der Waals surface area contributed by atoms with E-state index in [0.717, 1.165) is 45.2 Å². The van der Waals surface area contributed by atoms with Crippen LogP contribution in [0.2, 0.25) is 0 Å². The van der Waals surface area contributed by atoms with Crippen LogP contribution in [0, 0.1) is 11.8 Å². The van der Waals surface area contributed by atoms with E-state index >= 15 is 0 Å². The first kappa shape index (κ1) is 20.9. The average Bonchev–Trinajstić information content (AvgIpc) is 2.74. The highest BCUT2D eigenvalue weighted by Gasteiger charge is 2.25. The SMILES string of the molecule is CNC(=O)CCc1ccc(CC2CCN(C(=O)CC3CCCCC3)CC2)cc1. The summed E-state index contributed by atoms with van der Waals surface area (Å²) in [4.78, 5) is 26.1. The lowest BCUT2D eigenvalue weighted by Crippen LogP contribution is -2.39. The normalized spacial score (nSPS) is 18.8. The molecule has 2 aliphatic rings. The fraction of sp³-hybridized carbons (Fsp3) is 0.667. The second kappa shape index (κ2) is 10.6. The molecule has 2 amide bonds. The van der Waals surface area contributed by atoms with Gasteiger partial charge in [-0.25, -0.2) is 0 Å². The topological polar surface area (TPSA) is 49.4 Å². The Bertz CT molecular complexity index is 627. The van der Waals surface area contributed by atoms with Crippen molar-refractivity contribution in [1.82, 2.24) is 10.2 Å². The highest BCUT2D eigenvalue weighted by atomic mass is 16.2. The Hall–Kier alpha value is -1.84. The predicted molar refractivity (Wildman–Crippen MR) is 113 cm³/mol. The number of nitrogens with zero attached hydrogens (tertiary/aromatic N) is 1. The number of hydrogen-bond donors (Lipinski definition) is 1. The van der Waals surface area contributed by atoms with Crippen LogP contribution < -0.4 is 5.32 Å². The zero-order valence-electron chi connectivity index (χ0n) is 17.4. The quantitative estimate of drug-likeness (QED) is 0.769. The van der Waals surface area contributed by atoms with E-state index in [-0.39, 0.29) is 5.91 Å². The molecule has 0 spiro atoms. The zero-order valence-corrected chi connectivity index (χ0v) is 17.4. The fourth-order valence-corrected chi connectivity index (χ4v) is 4.71. The lowest BCUT2D eigenvalue weighted by molar-refractivity contribution is -0.133. The van der Waals surface area contributed by atoms with Gasteiger partial charge in [0.15, 0.2) is 0 Å². The van der Waals surface area contributed by atoms with Gasteiger partial charge in [-0.2, -0.15) is 0 Å². The molecule has 0 bridgehead atoms. The summed E-state index contributed by atoms with van der Waals surface area (Å²) < 4.78 is 0. The van der Waals surface area contributed by atoms with Crippen LogP contribution in [0.15, 0.2) is 24.3 Å². The van der Waals surface area contributed by atoms with E-state index in [0.29, 0.717) is 24.2 Å². The molecule has 28 heavy (non-hydrogen) atoms. The van der Waals surface area contributed by atoms with E-state index in [2.05, 4.69) is 34.5 Å². The fourth-order valence-electron chi connectivity index (χ4n) is 4.71. The van der Waals surface area contributed by atoms with Gasteiger partial charge in [-0.3, -0.25) is 9.59 Å². The Labute approximate surface area is 170 Å². The largest absolute Gasteiger partial charge is 0.359 e. The smallest absolute Gasteiger partial charge is 0.222 e. The van der Waals surface area contributed by atoms with E-state index in [1.807, 2.05) is 0 Å². The maximum absolute atomic E-state index is 12.6. The number of nitrogens with one attached hydrogen (secondary N) is 1. The molecule has 1 aliphatic heterocycles. The third-order valence-corrected chi connectivity index (χ3v) is 6.62. The van der Waals surface area contributed by atoms with Gasteiger partial charge in [0.25, 0.3) is 0 Å². The van der Waals surface area contributed by atoms with Crippen molar-refractivity contribution >= 4 is 11.8 Å². The Morgan fingerprint density at radius 3 is 2.21 bits per heavy atom. The minimum Gasteiger partial charge on any atom is -0.359 e. The summed E-state index contributed by atoms with van der Waals surface area (Å²) in [6.07, 6.45) is 11.9. The molecule has 1 aromatic carbocycles. The lowest BCUT2D eigenvalue weighted by Gasteiger charge is -2.33. The number of carbonyl (C=O) groups is 2. The standard InChI is InChI=1S/C24H36N2O2/c1-25-23(27)12-11-19-7-9-21(10-8-19)17-22-13-15-26(16-14-22)24(28)18-20-5-3-2-4-6-20/h7-10,20,22H,2-6,11-18H2,1H3,(H,25,27). The van der Waals surface area contributed by atoms with Crippen molar-refractivity contribution in [1.29, 1.82) is 0 Å². The van der Waals surface area contributed by atoms with Crippen LogP contribution in [0.1, 0.15) is 68.9 Å². The summed E-state index contributed by atoms with van der Waals surface area (Å²) in [6.45, 7) is 1.86. The maximum atomic E-state index is 12.6. The second-order valence-electron chi connectivity index (χ2n) is 8.73. The minimum absolute atomic E-state index is 0.0915. The molecule has 154 valence electrons. The number of rotatable bonds is 7. The summed E-state index contributed by atoms with van der Waals surface area (Å²) in [6, 6.07) is 8.72. The van der Waals surface area contributed by atoms with Crippen molar-refractivity contribution < 1.29 is 9.59 Å². The molecule has 4 nitrogen and oxygen atoms in total. The number of benzene rings is 1. The van der Waals surface area contributed by atoms with Gasteiger partial charge >= 0.3 is 0 Å². The third kappa shape index (κ3) is 6.35. The highest BCUT2D eigenvalue weighted by Crippen LogP contribution is 2.28. The molecule has 0 atom stereocenters. The molecule has 3 rings (SSSR count). The molecule has 0 aromatic heterocycles. The van der Waals surface area contributed by atoms with Gasteiger partial charge in [0.05, 0.1) is 0 Å². The first-order valence-corrected chi connectivity index (χ1v) is 11.2. The van der Waals surface area contributed by atoms with Gasteiger partial charge in [0.1, 0.15) is 0 Å². The minimum atomic E-state index is 0.0915. The van der Waals surface area contributed by atoms with Gasteiger partial charge in [-0.15, -0.1) is 0 Å². The van der Waals surface area contributed by atoms with E-state index in [9.17, 15) is 9.59 Å². The van der Waals surface area contributed by atoms with Crippen LogP contribution in [0.3, 0.4) is 0 Å². The van der Waals surface area contributed by atoms with Gasteiger partial charge in [0.2, 0.25) is 11.8 Å². The van der Waals surface area contributed by atoms with E-state index < -0.39 is 0 Å². The van der Waals surface area contributed by atoms with Gasteiger partial charge in [0, 0.05) is 33.0 Å². The lowest BCUT2D eigenvalue weighted by atomic mass is 9.86. The van der Waals surface area contributed by atoms with Crippen molar-refractivity contribution in [3.8, 4) is 0 Å². The zero-order chi connectivity index (χ0) is 19.8. The monoisotopic (exact) mass is 384 g/mol. The van der Waals surface area contributed by atoms with Crippen molar-refractivity contribution in [3.63, 3.8) is 0 Å². The van der Waals surface area contributed by atoms with E-state index in [1.54, 1.807) is 7.05 Å². The number of carbonyl (C=O) groups excluding carboxylic acids is 2. The Balaban J connectivity index is 1.39. The maximum Gasteiger partial charge on any atom is 0.222 e. The van der Waals surface area contributed by atoms with Gasteiger partial charge in [-0.05, 0) is 61.5 Å². The number of likely N-dealkylation sites (tertiary alicyclic amines) is 1. The summed E-state index contributed by atoms with van der Waals surface area (Å²) in [7, 11) is 1.68. The number of hydrogen-bond acceptors (Lipinski definition) is 2. The number of piperidine rings is 1. The first-order chi connectivity index (χ1) is 13.6. The molecule has 0 unspecified atom stereocenters. The van der Waals surface area contributed by atoms with Crippen LogP contribution in [0.25, 0.3) is 0 Å². The molecule has 1 heterocycles. The van der Waals surface area contributed by atoms with Gasteiger partial charge < -0.3 is 10.2 Å². The second-order valence-corrected chi connectivity index (χ2v) is 8.73. The molecule has 0 radical (unpaired) electrons. The van der Waals surface area contributed by atoms with Crippen molar-refractivity contribution in [2.24, 2.45) is 11.8 Å². The van der Waals surface area contributed by atoms with Crippen LogP contribution in [0.4, 0.5) is 0 Å². The Morgan fingerprint density at radius 2 is 1.57 bits per heavy atom. The summed E-state index contributed by atoms with van der Waals surface area (Å²) in [5.74, 6) is 1.80. The Kier molecular flexibility index (Phi) is 7.93.